The van der Waals surface area contributed by atoms with Gasteiger partial charge in [-0.1, -0.05) is 13.8 Å². The summed E-state index contributed by atoms with van der Waals surface area (Å²) in [6.07, 6.45) is 8.88. The first kappa shape index (κ1) is 18.9. The van der Waals surface area contributed by atoms with Gasteiger partial charge < -0.3 is 0 Å². The number of pyridine rings is 1. The number of nitrogens with zero attached hydrogens (tertiary/aromatic N) is 4. The van der Waals surface area contributed by atoms with Gasteiger partial charge in [-0.2, -0.15) is 11.8 Å². The lowest BCUT2D eigenvalue weighted by molar-refractivity contribution is -0.127. The summed E-state index contributed by atoms with van der Waals surface area (Å²) in [5.74, 6) is 1.69. The van der Waals surface area contributed by atoms with E-state index in [1.54, 1.807) is 24.2 Å². The van der Waals surface area contributed by atoms with Gasteiger partial charge in [0.1, 0.15) is 11.6 Å². The number of carbonyl (C=O) groups is 1. The highest BCUT2D eigenvalue weighted by Gasteiger charge is 2.36. The summed E-state index contributed by atoms with van der Waals surface area (Å²) in [7, 11) is 0. The molecule has 0 aliphatic heterocycles. The second-order valence-electron chi connectivity index (χ2n) is 7.56. The molecule has 5 nitrogen and oxygen atoms in total. The molecule has 2 aromatic rings. The summed E-state index contributed by atoms with van der Waals surface area (Å²) in [6.45, 7) is 6.52. The quantitative estimate of drug-likeness (QED) is 0.740. The van der Waals surface area contributed by atoms with Gasteiger partial charge in [0, 0.05) is 24.1 Å². The summed E-state index contributed by atoms with van der Waals surface area (Å²) in [6, 6.07) is 1.41. The molecule has 0 atom stereocenters. The zero-order valence-corrected chi connectivity index (χ0v) is 16.5. The van der Waals surface area contributed by atoms with Gasteiger partial charge in [-0.3, -0.25) is 9.78 Å². The molecule has 2 heterocycles. The smallest absolute Gasteiger partial charge is 0.247 e. The molecule has 1 fully saturated rings. The predicted molar refractivity (Wildman–Crippen MR) is 103 cm³/mol. The molecule has 1 aliphatic rings. The van der Waals surface area contributed by atoms with Crippen LogP contribution in [0.25, 0.3) is 11.3 Å². The van der Waals surface area contributed by atoms with Crippen molar-refractivity contribution >= 4 is 17.7 Å². The van der Waals surface area contributed by atoms with E-state index >= 15 is 0 Å². The number of amides is 1. The fourth-order valence-corrected chi connectivity index (χ4v) is 3.83. The Hall–Kier alpha value is -1.89. The minimum atomic E-state index is -0.467. The number of rotatable bonds is 7. The van der Waals surface area contributed by atoms with Crippen molar-refractivity contribution in [2.75, 3.05) is 23.6 Å². The van der Waals surface area contributed by atoms with Crippen LogP contribution in [0, 0.1) is 24.1 Å². The molecule has 26 heavy (non-hydrogen) atoms. The van der Waals surface area contributed by atoms with Crippen molar-refractivity contribution in [3.63, 3.8) is 0 Å². The third-order valence-corrected chi connectivity index (χ3v) is 5.58. The van der Waals surface area contributed by atoms with Gasteiger partial charge in [0.25, 0.3) is 0 Å². The number of halogens is 1. The average molecular weight is 377 g/mol. The minimum absolute atomic E-state index is 0.0863. The molecule has 0 unspecified atom stereocenters. The lowest BCUT2D eigenvalue weighted by Crippen LogP contribution is -2.49. The lowest BCUT2D eigenvalue weighted by atomic mass is 9.95. The number of carbonyl (C=O) groups excluding carboxylic acids is 1. The first-order chi connectivity index (χ1) is 12.3. The number of thioether (sulfide) groups is 1. The van der Waals surface area contributed by atoms with Crippen LogP contribution in [0.3, 0.4) is 0 Å². The van der Waals surface area contributed by atoms with E-state index in [9.17, 15) is 9.18 Å². The van der Waals surface area contributed by atoms with Gasteiger partial charge in [0.05, 0.1) is 23.5 Å². The Bertz CT molecular complexity index is 801. The van der Waals surface area contributed by atoms with E-state index in [-0.39, 0.29) is 5.91 Å². The van der Waals surface area contributed by atoms with Crippen LogP contribution in [0.15, 0.2) is 24.7 Å². The normalized spacial score (nSPS) is 14.5. The molecular formula is C19H25FN4OS. The SMILES string of the molecule is CSCC(C)(C)C(=O)N(CC1CC1)n1cc(-c2cncc(F)c2)nc1C. The van der Waals surface area contributed by atoms with Gasteiger partial charge in [0.15, 0.2) is 0 Å². The predicted octanol–water partition coefficient (Wildman–Crippen LogP) is 3.66. The summed E-state index contributed by atoms with van der Waals surface area (Å²) in [5, 5.41) is 1.81. The highest BCUT2D eigenvalue weighted by atomic mass is 32.2. The maximum absolute atomic E-state index is 13.5. The van der Waals surface area contributed by atoms with Crippen molar-refractivity contribution in [1.82, 2.24) is 14.6 Å². The molecule has 0 saturated heterocycles. The zero-order chi connectivity index (χ0) is 18.9. The van der Waals surface area contributed by atoms with Crippen LogP contribution >= 0.6 is 11.8 Å². The maximum atomic E-state index is 13.5. The third-order valence-electron chi connectivity index (χ3n) is 4.57. The lowest BCUT2D eigenvalue weighted by Gasteiger charge is -2.32. The van der Waals surface area contributed by atoms with E-state index in [2.05, 4.69) is 9.97 Å². The fraction of sp³-hybridized carbons (Fsp3) is 0.526. The fourth-order valence-electron chi connectivity index (χ4n) is 2.98. The number of imidazole rings is 1. The van der Waals surface area contributed by atoms with Crippen LogP contribution in [0.5, 0.6) is 0 Å². The molecule has 2 aromatic heterocycles. The van der Waals surface area contributed by atoms with Crippen molar-refractivity contribution in [2.45, 2.75) is 33.6 Å². The van der Waals surface area contributed by atoms with Crippen molar-refractivity contribution < 1.29 is 9.18 Å². The van der Waals surface area contributed by atoms with E-state index in [4.69, 9.17) is 0 Å². The molecule has 0 aromatic carbocycles. The molecule has 140 valence electrons. The molecule has 3 rings (SSSR count). The van der Waals surface area contributed by atoms with Crippen molar-refractivity contribution in [1.29, 1.82) is 0 Å². The molecule has 0 bridgehead atoms. The Morgan fingerprint density at radius 1 is 1.42 bits per heavy atom. The van der Waals surface area contributed by atoms with Crippen LogP contribution < -0.4 is 5.01 Å². The van der Waals surface area contributed by atoms with Crippen molar-refractivity contribution in [3.05, 3.63) is 36.3 Å². The monoisotopic (exact) mass is 376 g/mol. The Kier molecular flexibility index (Phi) is 5.37. The minimum Gasteiger partial charge on any atom is -0.272 e. The molecule has 7 heteroatoms. The molecule has 0 N–H and O–H groups in total. The molecule has 1 amide bonds. The molecule has 1 aliphatic carbocycles. The Morgan fingerprint density at radius 3 is 2.77 bits per heavy atom. The zero-order valence-electron chi connectivity index (χ0n) is 15.7. The van der Waals surface area contributed by atoms with E-state index in [0.717, 1.165) is 18.6 Å². The average Bonchev–Trinajstić information content (AvgIpc) is 3.32. The van der Waals surface area contributed by atoms with Crippen LogP contribution in [-0.2, 0) is 4.79 Å². The molecular weight excluding hydrogens is 351 g/mol. The van der Waals surface area contributed by atoms with E-state index in [1.165, 1.54) is 12.3 Å². The molecule has 0 spiro atoms. The third kappa shape index (κ3) is 4.09. The largest absolute Gasteiger partial charge is 0.272 e. The summed E-state index contributed by atoms with van der Waals surface area (Å²) in [4.78, 5) is 21.7. The summed E-state index contributed by atoms with van der Waals surface area (Å²) in [5.41, 5.74) is 0.755. The van der Waals surface area contributed by atoms with E-state index < -0.39 is 11.2 Å². The highest BCUT2D eigenvalue weighted by molar-refractivity contribution is 7.98. The van der Waals surface area contributed by atoms with Gasteiger partial charge >= 0.3 is 0 Å². The number of aryl methyl sites for hydroxylation is 1. The van der Waals surface area contributed by atoms with Gasteiger partial charge in [0.2, 0.25) is 5.91 Å². The second-order valence-corrected chi connectivity index (χ2v) is 8.42. The molecule has 0 radical (unpaired) electrons. The van der Waals surface area contributed by atoms with Gasteiger partial charge in [-0.05, 0) is 38.0 Å². The first-order valence-electron chi connectivity index (χ1n) is 8.80. The van der Waals surface area contributed by atoms with Crippen molar-refractivity contribution in [3.8, 4) is 11.3 Å². The van der Waals surface area contributed by atoms with Crippen LogP contribution in [0.1, 0.15) is 32.5 Å². The topological polar surface area (TPSA) is 51.0 Å². The van der Waals surface area contributed by atoms with Crippen molar-refractivity contribution in [2.24, 2.45) is 11.3 Å². The molecule has 1 saturated carbocycles. The van der Waals surface area contributed by atoms with Crippen LogP contribution in [-0.4, -0.2) is 39.1 Å². The number of hydrogen-bond donors (Lipinski definition) is 0. The Labute approximate surface area is 158 Å². The number of hydrogen-bond acceptors (Lipinski definition) is 4. The van der Waals surface area contributed by atoms with E-state index in [1.807, 2.05) is 36.7 Å². The second kappa shape index (κ2) is 7.39. The maximum Gasteiger partial charge on any atom is 0.247 e. The van der Waals surface area contributed by atoms with Gasteiger partial charge in [-0.25, -0.2) is 19.1 Å². The summed E-state index contributed by atoms with van der Waals surface area (Å²) < 4.78 is 15.3. The Balaban J connectivity index is 1.95. The van der Waals surface area contributed by atoms with Crippen LogP contribution in [0.2, 0.25) is 0 Å². The summed E-state index contributed by atoms with van der Waals surface area (Å²) >= 11 is 1.67. The van der Waals surface area contributed by atoms with Crippen LogP contribution in [0.4, 0.5) is 4.39 Å². The van der Waals surface area contributed by atoms with Gasteiger partial charge in [-0.15, -0.1) is 0 Å². The standard InChI is InChI=1S/C19H25FN4OS/c1-13-22-17(15-7-16(20)9-21-8-15)11-23(13)24(10-14-5-6-14)18(25)19(2,3)12-26-4/h7-9,11,14H,5-6,10,12H2,1-4H3. The van der Waals surface area contributed by atoms with E-state index in [0.29, 0.717) is 29.5 Å². The number of aromatic nitrogens is 3. The Morgan fingerprint density at radius 2 is 2.15 bits per heavy atom. The highest BCUT2D eigenvalue weighted by Crippen LogP contribution is 2.32. The first-order valence-corrected chi connectivity index (χ1v) is 10.2.